The van der Waals surface area contributed by atoms with E-state index in [-0.39, 0.29) is 5.78 Å². The molecule has 0 aliphatic rings. The minimum absolute atomic E-state index is 0.258. The quantitative estimate of drug-likeness (QED) is 0.768. The second-order valence-electron chi connectivity index (χ2n) is 5.12. The van der Waals surface area contributed by atoms with Crippen molar-refractivity contribution in [3.05, 3.63) is 28.3 Å². The normalized spacial score (nSPS) is 10.6. The molecule has 1 rings (SSSR count). The number of benzene rings is 1. The minimum Gasteiger partial charge on any atom is -0.496 e. The number of nitrogens with one attached hydrogen (secondary N) is 1. The topological polar surface area (TPSA) is 38.3 Å². The molecular weight excluding hydrogens is 238 g/mol. The molecule has 0 bridgehead atoms. The highest BCUT2D eigenvalue weighted by atomic mass is 16.5. The number of ether oxygens (including phenoxy) is 1. The van der Waals surface area contributed by atoms with Gasteiger partial charge in [-0.25, -0.2) is 0 Å². The van der Waals surface area contributed by atoms with Crippen LogP contribution in [0.5, 0.6) is 5.75 Å². The van der Waals surface area contributed by atoms with Gasteiger partial charge in [0.05, 0.1) is 7.11 Å². The number of hydrogen-bond donors (Lipinski definition) is 1. The van der Waals surface area contributed by atoms with E-state index in [1.165, 1.54) is 22.3 Å². The van der Waals surface area contributed by atoms with Crippen LogP contribution in [0.4, 0.5) is 0 Å². The Balaban J connectivity index is 2.62. The molecule has 0 aliphatic carbocycles. The van der Waals surface area contributed by atoms with E-state index < -0.39 is 0 Å². The second kappa shape index (κ2) is 7.29. The molecular formula is C16H25NO2. The summed E-state index contributed by atoms with van der Waals surface area (Å²) in [5, 5.41) is 3.40. The predicted octanol–water partition coefficient (Wildman–Crippen LogP) is 3.08. The summed E-state index contributed by atoms with van der Waals surface area (Å²) >= 11 is 0. The van der Waals surface area contributed by atoms with E-state index in [4.69, 9.17) is 4.74 Å². The van der Waals surface area contributed by atoms with Crippen LogP contribution >= 0.6 is 0 Å². The Labute approximate surface area is 116 Å². The van der Waals surface area contributed by atoms with E-state index in [2.05, 4.69) is 32.2 Å². The van der Waals surface area contributed by atoms with Crippen LogP contribution in [-0.4, -0.2) is 19.4 Å². The summed E-state index contributed by atoms with van der Waals surface area (Å²) in [6.07, 6.45) is 1.56. The SMILES string of the molecule is COc1c(C)cc(CNCCCC(C)=O)c(C)c1C. The number of hydrogen-bond acceptors (Lipinski definition) is 3. The van der Waals surface area contributed by atoms with Gasteiger partial charge in [0.15, 0.2) is 0 Å². The third kappa shape index (κ3) is 4.35. The fraction of sp³-hybridized carbons (Fsp3) is 0.562. The fourth-order valence-electron chi connectivity index (χ4n) is 2.33. The molecule has 0 aromatic heterocycles. The van der Waals surface area contributed by atoms with Gasteiger partial charge in [-0.3, -0.25) is 0 Å². The number of rotatable bonds is 7. The number of methoxy groups -OCH3 is 1. The van der Waals surface area contributed by atoms with Gasteiger partial charge in [-0.1, -0.05) is 6.07 Å². The van der Waals surface area contributed by atoms with Crippen molar-refractivity contribution in [2.24, 2.45) is 0 Å². The molecule has 19 heavy (non-hydrogen) atoms. The molecule has 3 heteroatoms. The van der Waals surface area contributed by atoms with Crippen molar-refractivity contribution in [3.8, 4) is 5.75 Å². The van der Waals surface area contributed by atoms with Crippen molar-refractivity contribution < 1.29 is 9.53 Å². The van der Waals surface area contributed by atoms with Crippen molar-refractivity contribution >= 4 is 5.78 Å². The van der Waals surface area contributed by atoms with Crippen LogP contribution in [0, 0.1) is 20.8 Å². The molecule has 0 radical (unpaired) electrons. The van der Waals surface area contributed by atoms with Gasteiger partial charge in [-0.05, 0) is 62.9 Å². The number of ketones is 1. The highest BCUT2D eigenvalue weighted by Crippen LogP contribution is 2.28. The molecule has 3 nitrogen and oxygen atoms in total. The number of carbonyl (C=O) groups is 1. The highest BCUT2D eigenvalue weighted by Gasteiger charge is 2.10. The Hall–Kier alpha value is -1.35. The summed E-state index contributed by atoms with van der Waals surface area (Å²) in [4.78, 5) is 10.8. The number of aryl methyl sites for hydroxylation is 1. The van der Waals surface area contributed by atoms with Crippen molar-refractivity contribution in [1.29, 1.82) is 0 Å². The molecule has 0 atom stereocenters. The van der Waals surface area contributed by atoms with E-state index in [0.717, 1.165) is 25.3 Å². The van der Waals surface area contributed by atoms with Gasteiger partial charge < -0.3 is 14.8 Å². The third-order valence-corrected chi connectivity index (χ3v) is 3.54. The van der Waals surface area contributed by atoms with E-state index in [1.807, 2.05) is 0 Å². The Bertz CT molecular complexity index is 453. The maximum absolute atomic E-state index is 10.8. The van der Waals surface area contributed by atoms with Gasteiger partial charge in [0, 0.05) is 13.0 Å². The van der Waals surface area contributed by atoms with Crippen LogP contribution in [-0.2, 0) is 11.3 Å². The minimum atomic E-state index is 0.258. The standard InChI is InChI=1S/C16H25NO2/c1-11-9-15(10-17-8-6-7-12(2)18)13(3)14(4)16(11)19-5/h9,17H,6-8,10H2,1-5H3. The van der Waals surface area contributed by atoms with Gasteiger partial charge in [0.2, 0.25) is 0 Å². The summed E-state index contributed by atoms with van der Waals surface area (Å²) in [5.41, 5.74) is 4.97. The van der Waals surface area contributed by atoms with E-state index in [9.17, 15) is 4.79 Å². The van der Waals surface area contributed by atoms with Crippen LogP contribution in [0.3, 0.4) is 0 Å². The first-order valence-electron chi connectivity index (χ1n) is 6.81. The lowest BCUT2D eigenvalue weighted by Gasteiger charge is -2.16. The number of carbonyl (C=O) groups excluding carboxylic acids is 1. The van der Waals surface area contributed by atoms with Gasteiger partial charge in [0.25, 0.3) is 0 Å². The molecule has 0 unspecified atom stereocenters. The zero-order chi connectivity index (χ0) is 14.4. The van der Waals surface area contributed by atoms with Crippen molar-refractivity contribution in [1.82, 2.24) is 5.32 Å². The molecule has 0 fully saturated rings. The van der Waals surface area contributed by atoms with Gasteiger partial charge in [-0.2, -0.15) is 0 Å². The average Bonchev–Trinajstić information content (AvgIpc) is 2.35. The Morgan fingerprint density at radius 3 is 2.53 bits per heavy atom. The molecule has 1 N–H and O–H groups in total. The number of Topliss-reactive ketones (excluding diaryl/α,β-unsaturated/α-hetero) is 1. The van der Waals surface area contributed by atoms with E-state index in [1.54, 1.807) is 14.0 Å². The molecule has 0 spiro atoms. The lowest BCUT2D eigenvalue weighted by Crippen LogP contribution is -2.16. The first-order chi connectivity index (χ1) is 8.97. The molecule has 1 aromatic carbocycles. The van der Waals surface area contributed by atoms with Crippen LogP contribution in [0.25, 0.3) is 0 Å². The maximum Gasteiger partial charge on any atom is 0.129 e. The molecule has 1 aromatic rings. The zero-order valence-electron chi connectivity index (χ0n) is 12.7. The average molecular weight is 263 g/mol. The molecule has 106 valence electrons. The van der Waals surface area contributed by atoms with Crippen molar-refractivity contribution in [2.75, 3.05) is 13.7 Å². The predicted molar refractivity (Wildman–Crippen MR) is 78.8 cm³/mol. The first kappa shape index (κ1) is 15.7. The smallest absolute Gasteiger partial charge is 0.129 e. The zero-order valence-corrected chi connectivity index (χ0v) is 12.7. The lowest BCUT2D eigenvalue weighted by molar-refractivity contribution is -0.117. The van der Waals surface area contributed by atoms with Gasteiger partial charge in [-0.15, -0.1) is 0 Å². The Kier molecular flexibility index (Phi) is 6.03. The molecule has 0 heterocycles. The van der Waals surface area contributed by atoms with Crippen LogP contribution in [0.1, 0.15) is 42.0 Å². The monoisotopic (exact) mass is 263 g/mol. The van der Waals surface area contributed by atoms with Gasteiger partial charge in [0.1, 0.15) is 11.5 Å². The third-order valence-electron chi connectivity index (χ3n) is 3.54. The van der Waals surface area contributed by atoms with Crippen LogP contribution < -0.4 is 10.1 Å². The molecule has 0 saturated carbocycles. The summed E-state index contributed by atoms with van der Waals surface area (Å²) in [7, 11) is 1.72. The fourth-order valence-corrected chi connectivity index (χ4v) is 2.33. The largest absolute Gasteiger partial charge is 0.496 e. The summed E-state index contributed by atoms with van der Waals surface area (Å²) in [5.74, 6) is 1.24. The summed E-state index contributed by atoms with van der Waals surface area (Å²) in [6, 6.07) is 2.18. The highest BCUT2D eigenvalue weighted by molar-refractivity contribution is 5.75. The molecule has 0 aliphatic heterocycles. The summed E-state index contributed by atoms with van der Waals surface area (Å²) < 4.78 is 5.42. The maximum atomic E-state index is 10.8. The van der Waals surface area contributed by atoms with Crippen molar-refractivity contribution in [3.63, 3.8) is 0 Å². The lowest BCUT2D eigenvalue weighted by atomic mass is 9.98. The molecule has 0 amide bonds. The Morgan fingerprint density at radius 2 is 1.95 bits per heavy atom. The van der Waals surface area contributed by atoms with E-state index >= 15 is 0 Å². The van der Waals surface area contributed by atoms with Gasteiger partial charge >= 0.3 is 0 Å². The van der Waals surface area contributed by atoms with Crippen LogP contribution in [0.15, 0.2) is 6.07 Å². The first-order valence-corrected chi connectivity index (χ1v) is 6.81. The Morgan fingerprint density at radius 1 is 1.26 bits per heavy atom. The summed E-state index contributed by atoms with van der Waals surface area (Å²) in [6.45, 7) is 9.66. The van der Waals surface area contributed by atoms with Crippen molar-refractivity contribution in [2.45, 2.75) is 47.1 Å². The second-order valence-corrected chi connectivity index (χ2v) is 5.12. The van der Waals surface area contributed by atoms with Crippen LogP contribution in [0.2, 0.25) is 0 Å². The molecule has 0 saturated heterocycles. The van der Waals surface area contributed by atoms with E-state index in [0.29, 0.717) is 6.42 Å².